The van der Waals surface area contributed by atoms with Crippen molar-refractivity contribution in [2.45, 2.75) is 50.4 Å². The van der Waals surface area contributed by atoms with E-state index in [1.807, 2.05) is 53.4 Å². The molecule has 0 radical (unpaired) electrons. The van der Waals surface area contributed by atoms with Gasteiger partial charge in [-0.3, -0.25) is 14.2 Å². The number of benzene rings is 2. The van der Waals surface area contributed by atoms with Gasteiger partial charge in [0, 0.05) is 12.1 Å². The second-order valence-electron chi connectivity index (χ2n) is 7.61. The van der Waals surface area contributed by atoms with Gasteiger partial charge in [0.1, 0.15) is 0 Å². The molecule has 0 bridgehead atoms. The van der Waals surface area contributed by atoms with Crippen molar-refractivity contribution in [3.8, 4) is 5.69 Å². The molecule has 1 aliphatic heterocycles. The molecule has 1 aromatic heterocycles. The van der Waals surface area contributed by atoms with Gasteiger partial charge < -0.3 is 4.90 Å². The largest absolute Gasteiger partial charge is 0.337 e. The number of fused-ring (bicyclic) bond motifs is 1. The van der Waals surface area contributed by atoms with Crippen LogP contribution in [0.1, 0.15) is 33.1 Å². The predicted molar refractivity (Wildman–Crippen MR) is 118 cm³/mol. The number of likely N-dealkylation sites (tertiary alicyclic amines) is 1. The minimum Gasteiger partial charge on any atom is -0.337 e. The van der Waals surface area contributed by atoms with Gasteiger partial charge in [0.15, 0.2) is 5.16 Å². The molecule has 0 saturated carbocycles. The second kappa shape index (κ2) is 8.41. The summed E-state index contributed by atoms with van der Waals surface area (Å²) in [7, 11) is 0. The van der Waals surface area contributed by atoms with E-state index in [1.54, 1.807) is 10.6 Å². The monoisotopic (exact) mass is 407 g/mol. The van der Waals surface area contributed by atoms with Crippen LogP contribution in [0.5, 0.6) is 0 Å². The Hall–Kier alpha value is -2.60. The molecule has 3 aromatic rings. The van der Waals surface area contributed by atoms with E-state index in [0.717, 1.165) is 18.5 Å². The molecular formula is C23H25N3O2S. The molecule has 150 valence electrons. The van der Waals surface area contributed by atoms with Crippen molar-refractivity contribution in [3.05, 3.63) is 65.0 Å². The number of para-hydroxylation sites is 2. The normalized spacial score (nSPS) is 19.4. The highest BCUT2D eigenvalue weighted by Gasteiger charge is 2.29. The molecule has 2 heterocycles. The average molecular weight is 408 g/mol. The smallest absolute Gasteiger partial charge is 0.266 e. The molecule has 6 heteroatoms. The molecule has 0 spiro atoms. The number of carbonyl (C=O) groups is 1. The van der Waals surface area contributed by atoms with Crippen molar-refractivity contribution in [1.29, 1.82) is 0 Å². The van der Waals surface area contributed by atoms with Crippen LogP contribution < -0.4 is 5.56 Å². The highest BCUT2D eigenvalue weighted by molar-refractivity contribution is 7.99. The van der Waals surface area contributed by atoms with Crippen LogP contribution in [0.3, 0.4) is 0 Å². The Morgan fingerprint density at radius 2 is 1.69 bits per heavy atom. The van der Waals surface area contributed by atoms with Crippen LogP contribution in [0.15, 0.2) is 64.5 Å². The maximum absolute atomic E-state index is 13.2. The van der Waals surface area contributed by atoms with Gasteiger partial charge in [0.2, 0.25) is 5.91 Å². The van der Waals surface area contributed by atoms with Gasteiger partial charge in [-0.2, -0.15) is 0 Å². The Balaban J connectivity index is 1.69. The Bertz CT molecular complexity index is 1070. The number of hydrogen-bond acceptors (Lipinski definition) is 4. The summed E-state index contributed by atoms with van der Waals surface area (Å²) in [5.41, 5.74) is 1.29. The zero-order chi connectivity index (χ0) is 20.4. The predicted octanol–water partition coefficient (Wildman–Crippen LogP) is 4.27. The summed E-state index contributed by atoms with van der Waals surface area (Å²) in [4.78, 5) is 32.9. The van der Waals surface area contributed by atoms with Crippen molar-refractivity contribution in [1.82, 2.24) is 14.5 Å². The number of amides is 1. The third-order valence-corrected chi connectivity index (χ3v) is 6.49. The first-order valence-corrected chi connectivity index (χ1v) is 11.1. The number of thioether (sulfide) groups is 1. The molecule has 0 N–H and O–H groups in total. The first kappa shape index (κ1) is 19.7. The van der Waals surface area contributed by atoms with E-state index in [1.165, 1.54) is 18.2 Å². The molecule has 1 amide bonds. The molecule has 0 unspecified atom stereocenters. The fraction of sp³-hybridized carbons (Fsp3) is 0.348. The summed E-state index contributed by atoms with van der Waals surface area (Å²) < 4.78 is 1.61. The number of aromatic nitrogens is 2. The number of nitrogens with zero attached hydrogens (tertiary/aromatic N) is 3. The number of rotatable bonds is 4. The van der Waals surface area contributed by atoms with Crippen molar-refractivity contribution >= 4 is 28.6 Å². The first-order chi connectivity index (χ1) is 14.1. The maximum atomic E-state index is 13.2. The molecule has 0 aliphatic carbocycles. The fourth-order valence-corrected chi connectivity index (χ4v) is 5.01. The van der Waals surface area contributed by atoms with Gasteiger partial charge in [-0.1, -0.05) is 42.1 Å². The van der Waals surface area contributed by atoms with Crippen LogP contribution in [0.25, 0.3) is 16.6 Å². The summed E-state index contributed by atoms with van der Waals surface area (Å²) >= 11 is 1.34. The van der Waals surface area contributed by atoms with Crippen molar-refractivity contribution in [2.75, 3.05) is 5.75 Å². The molecule has 5 nitrogen and oxygen atoms in total. The molecule has 1 saturated heterocycles. The average Bonchev–Trinajstić information content (AvgIpc) is 2.73. The van der Waals surface area contributed by atoms with Gasteiger partial charge >= 0.3 is 0 Å². The van der Waals surface area contributed by atoms with Gasteiger partial charge in [0.25, 0.3) is 5.56 Å². The summed E-state index contributed by atoms with van der Waals surface area (Å²) in [5, 5.41) is 1.12. The third-order valence-electron chi connectivity index (χ3n) is 5.57. The first-order valence-electron chi connectivity index (χ1n) is 10.1. The van der Waals surface area contributed by atoms with Crippen LogP contribution in [-0.2, 0) is 4.79 Å². The van der Waals surface area contributed by atoms with E-state index in [-0.39, 0.29) is 29.3 Å². The highest BCUT2D eigenvalue weighted by Crippen LogP contribution is 2.26. The highest BCUT2D eigenvalue weighted by atomic mass is 32.2. The van der Waals surface area contributed by atoms with Crippen LogP contribution in [0.2, 0.25) is 0 Å². The second-order valence-corrected chi connectivity index (χ2v) is 8.55. The molecule has 1 aliphatic rings. The summed E-state index contributed by atoms with van der Waals surface area (Å²) in [6, 6.07) is 17.3. The zero-order valence-corrected chi connectivity index (χ0v) is 17.6. The number of piperidine rings is 1. The Morgan fingerprint density at radius 1 is 1.03 bits per heavy atom. The van der Waals surface area contributed by atoms with Crippen LogP contribution in [-0.4, -0.2) is 38.2 Å². The van der Waals surface area contributed by atoms with E-state index in [2.05, 4.69) is 13.8 Å². The van der Waals surface area contributed by atoms with E-state index < -0.39 is 0 Å². The molecule has 29 heavy (non-hydrogen) atoms. The maximum Gasteiger partial charge on any atom is 0.266 e. The van der Waals surface area contributed by atoms with E-state index in [4.69, 9.17) is 4.98 Å². The lowest BCUT2D eigenvalue weighted by Crippen LogP contribution is -2.48. The van der Waals surface area contributed by atoms with E-state index in [0.29, 0.717) is 16.1 Å². The molecule has 2 atom stereocenters. The third kappa shape index (κ3) is 3.94. The Kier molecular flexibility index (Phi) is 5.72. The minimum atomic E-state index is -0.114. The Labute approximate surface area is 174 Å². The molecule has 2 aromatic carbocycles. The SMILES string of the molecule is C[C@H]1CCC[C@H](C)N1C(=O)CSc1nc2ccccc2c(=O)n1-c1ccccc1. The van der Waals surface area contributed by atoms with Crippen LogP contribution in [0, 0.1) is 0 Å². The van der Waals surface area contributed by atoms with Crippen LogP contribution >= 0.6 is 11.8 Å². The molecule has 4 rings (SSSR count). The van der Waals surface area contributed by atoms with Crippen molar-refractivity contribution < 1.29 is 4.79 Å². The van der Waals surface area contributed by atoms with Gasteiger partial charge in [-0.15, -0.1) is 0 Å². The van der Waals surface area contributed by atoms with Crippen molar-refractivity contribution in [3.63, 3.8) is 0 Å². The number of carbonyl (C=O) groups excluding carboxylic acids is 1. The standard InChI is InChI=1S/C23H25N3O2S/c1-16-9-8-10-17(2)25(16)21(27)15-29-23-24-20-14-7-6-13-19(20)22(28)26(23)18-11-4-3-5-12-18/h3-7,11-14,16-17H,8-10,15H2,1-2H3/t16-,17-/m0/s1. The van der Waals surface area contributed by atoms with E-state index >= 15 is 0 Å². The van der Waals surface area contributed by atoms with Gasteiger partial charge in [-0.05, 0) is 57.4 Å². The number of hydrogen-bond donors (Lipinski definition) is 0. The summed E-state index contributed by atoms with van der Waals surface area (Å²) in [6.45, 7) is 4.23. The van der Waals surface area contributed by atoms with E-state index in [9.17, 15) is 9.59 Å². The topological polar surface area (TPSA) is 55.2 Å². The summed E-state index contributed by atoms with van der Waals surface area (Å²) in [5.74, 6) is 0.378. The molecule has 1 fully saturated rings. The molecular weight excluding hydrogens is 382 g/mol. The van der Waals surface area contributed by atoms with Gasteiger partial charge in [-0.25, -0.2) is 4.98 Å². The van der Waals surface area contributed by atoms with Crippen molar-refractivity contribution in [2.24, 2.45) is 0 Å². The quantitative estimate of drug-likeness (QED) is 0.479. The zero-order valence-electron chi connectivity index (χ0n) is 16.7. The fourth-order valence-electron chi connectivity index (χ4n) is 4.13. The Morgan fingerprint density at radius 3 is 2.41 bits per heavy atom. The van der Waals surface area contributed by atoms with Crippen LogP contribution in [0.4, 0.5) is 0 Å². The van der Waals surface area contributed by atoms with Gasteiger partial charge in [0.05, 0.1) is 22.3 Å². The lowest BCUT2D eigenvalue weighted by molar-refractivity contribution is -0.134. The minimum absolute atomic E-state index is 0.108. The lowest BCUT2D eigenvalue weighted by atomic mass is 9.98. The summed E-state index contributed by atoms with van der Waals surface area (Å²) in [6.07, 6.45) is 3.26. The lowest BCUT2D eigenvalue weighted by Gasteiger charge is -2.39.